The Morgan fingerprint density at radius 1 is 1.16 bits per heavy atom. The maximum Gasteiger partial charge on any atom is 0.150 e. The molecule has 0 saturated carbocycles. The van der Waals surface area contributed by atoms with Gasteiger partial charge in [-0.15, -0.1) is 0 Å². The molecule has 3 heteroatoms. The Balaban J connectivity index is 2.69. The van der Waals surface area contributed by atoms with Gasteiger partial charge in [0.05, 0.1) is 18.7 Å². The predicted molar refractivity (Wildman–Crippen MR) is 73.3 cm³/mol. The van der Waals surface area contributed by atoms with Crippen LogP contribution in [0.3, 0.4) is 0 Å². The van der Waals surface area contributed by atoms with E-state index in [9.17, 15) is 4.79 Å². The third-order valence-electron chi connectivity index (χ3n) is 3.02. The number of carbonyl (C=O) groups is 1. The fourth-order valence-electron chi connectivity index (χ4n) is 1.99. The summed E-state index contributed by atoms with van der Waals surface area (Å²) in [6.07, 6.45) is 0.809. The summed E-state index contributed by atoms with van der Waals surface area (Å²) in [5.74, 6) is 0.685. The molecule has 19 heavy (non-hydrogen) atoms. The summed E-state index contributed by atoms with van der Waals surface area (Å²) < 4.78 is 5.33. The van der Waals surface area contributed by atoms with Crippen molar-refractivity contribution in [1.82, 2.24) is 0 Å². The van der Waals surface area contributed by atoms with Crippen LogP contribution in [0.1, 0.15) is 21.5 Å². The van der Waals surface area contributed by atoms with Crippen molar-refractivity contribution in [3.63, 3.8) is 0 Å². The number of hydrogen-bond acceptors (Lipinski definition) is 3. The van der Waals surface area contributed by atoms with E-state index in [-0.39, 0.29) is 0 Å². The van der Waals surface area contributed by atoms with E-state index in [1.54, 1.807) is 37.4 Å². The van der Waals surface area contributed by atoms with Crippen molar-refractivity contribution in [3.8, 4) is 22.9 Å². The van der Waals surface area contributed by atoms with Gasteiger partial charge in [-0.05, 0) is 42.3 Å². The van der Waals surface area contributed by atoms with Gasteiger partial charge in [-0.25, -0.2) is 0 Å². The van der Waals surface area contributed by atoms with Crippen LogP contribution < -0.4 is 4.74 Å². The van der Waals surface area contributed by atoms with Gasteiger partial charge in [0.2, 0.25) is 0 Å². The van der Waals surface area contributed by atoms with Crippen molar-refractivity contribution in [3.05, 3.63) is 53.1 Å². The van der Waals surface area contributed by atoms with Gasteiger partial charge in [0.15, 0.2) is 0 Å². The molecule has 0 aliphatic heterocycles. The molecule has 0 atom stereocenters. The summed E-state index contributed by atoms with van der Waals surface area (Å²) in [5.41, 5.74) is 3.91. The van der Waals surface area contributed by atoms with Crippen molar-refractivity contribution >= 4 is 6.29 Å². The number of carbonyl (C=O) groups excluding carboxylic acids is 1. The zero-order valence-corrected chi connectivity index (χ0v) is 10.8. The van der Waals surface area contributed by atoms with Gasteiger partial charge in [0, 0.05) is 11.1 Å². The number of ether oxygens (including phenoxy) is 1. The normalized spacial score (nSPS) is 9.74. The smallest absolute Gasteiger partial charge is 0.150 e. The second kappa shape index (κ2) is 5.36. The minimum absolute atomic E-state index is 0.562. The van der Waals surface area contributed by atoms with Gasteiger partial charge in [0.25, 0.3) is 0 Å². The van der Waals surface area contributed by atoms with E-state index >= 15 is 0 Å². The summed E-state index contributed by atoms with van der Waals surface area (Å²) in [4.78, 5) is 10.9. The highest BCUT2D eigenvalue weighted by Crippen LogP contribution is 2.33. The quantitative estimate of drug-likeness (QED) is 0.786. The van der Waals surface area contributed by atoms with Crippen molar-refractivity contribution < 1.29 is 9.53 Å². The molecule has 3 nitrogen and oxygen atoms in total. The van der Waals surface area contributed by atoms with Crippen molar-refractivity contribution in [2.45, 2.75) is 6.92 Å². The van der Waals surface area contributed by atoms with E-state index in [1.165, 1.54) is 0 Å². The molecule has 2 aromatic carbocycles. The number of methoxy groups -OCH3 is 1. The van der Waals surface area contributed by atoms with Crippen molar-refractivity contribution in [1.29, 1.82) is 5.26 Å². The molecule has 2 rings (SSSR count). The first-order chi connectivity index (χ1) is 9.19. The molecule has 0 bridgehead atoms. The zero-order chi connectivity index (χ0) is 13.8. The number of aryl methyl sites for hydroxylation is 1. The average molecular weight is 251 g/mol. The van der Waals surface area contributed by atoms with Gasteiger partial charge in [-0.3, -0.25) is 4.79 Å². The fourth-order valence-corrected chi connectivity index (χ4v) is 1.99. The summed E-state index contributed by atoms with van der Waals surface area (Å²) in [6.45, 7) is 1.96. The molecule has 0 amide bonds. The molecule has 0 unspecified atom stereocenters. The lowest BCUT2D eigenvalue weighted by Crippen LogP contribution is -1.92. The lowest BCUT2D eigenvalue weighted by molar-refractivity contribution is 0.112. The lowest BCUT2D eigenvalue weighted by Gasteiger charge is -2.12. The highest BCUT2D eigenvalue weighted by atomic mass is 16.5. The number of nitriles is 1. The molecule has 0 radical (unpaired) electrons. The number of benzene rings is 2. The highest BCUT2D eigenvalue weighted by molar-refractivity contribution is 5.82. The Hall–Kier alpha value is -2.60. The molecule has 0 heterocycles. The molecule has 0 spiro atoms. The Morgan fingerprint density at radius 3 is 2.58 bits per heavy atom. The van der Waals surface area contributed by atoms with E-state index in [0.717, 1.165) is 23.0 Å². The first kappa shape index (κ1) is 12.8. The van der Waals surface area contributed by atoms with Crippen LogP contribution >= 0.6 is 0 Å². The van der Waals surface area contributed by atoms with Gasteiger partial charge in [-0.2, -0.15) is 5.26 Å². The summed E-state index contributed by atoms with van der Waals surface area (Å²) in [7, 11) is 1.59. The summed E-state index contributed by atoms with van der Waals surface area (Å²) in [5, 5.41) is 9.00. The van der Waals surface area contributed by atoms with Crippen molar-refractivity contribution in [2.75, 3.05) is 7.11 Å². The summed E-state index contributed by atoms with van der Waals surface area (Å²) in [6, 6.07) is 12.8. The maximum absolute atomic E-state index is 10.9. The summed E-state index contributed by atoms with van der Waals surface area (Å²) >= 11 is 0. The van der Waals surface area contributed by atoms with Gasteiger partial charge in [-0.1, -0.05) is 12.1 Å². The van der Waals surface area contributed by atoms with Crippen LogP contribution in [-0.2, 0) is 0 Å². The predicted octanol–water partition coefficient (Wildman–Crippen LogP) is 3.35. The first-order valence-corrected chi connectivity index (χ1v) is 5.84. The molecule has 0 aromatic heterocycles. The van der Waals surface area contributed by atoms with Crippen LogP contribution in [0.4, 0.5) is 0 Å². The van der Waals surface area contributed by atoms with E-state index < -0.39 is 0 Å². The zero-order valence-electron chi connectivity index (χ0n) is 10.8. The molecular formula is C16H13NO2. The second-order valence-electron chi connectivity index (χ2n) is 4.22. The monoisotopic (exact) mass is 251 g/mol. The Labute approximate surface area is 112 Å². The molecule has 0 N–H and O–H groups in total. The Bertz CT molecular complexity index is 669. The minimum atomic E-state index is 0.562. The topological polar surface area (TPSA) is 50.1 Å². The molecule has 0 aliphatic rings. The SMILES string of the molecule is COc1ccc(C#N)cc1-c1cc(C=O)ccc1C. The highest BCUT2D eigenvalue weighted by Gasteiger charge is 2.10. The minimum Gasteiger partial charge on any atom is -0.496 e. The maximum atomic E-state index is 10.9. The van der Waals surface area contributed by atoms with E-state index in [4.69, 9.17) is 10.00 Å². The van der Waals surface area contributed by atoms with Crippen LogP contribution in [0.2, 0.25) is 0 Å². The Morgan fingerprint density at radius 2 is 1.95 bits per heavy atom. The van der Waals surface area contributed by atoms with Crippen LogP contribution in [0.5, 0.6) is 5.75 Å². The number of hydrogen-bond donors (Lipinski definition) is 0. The largest absolute Gasteiger partial charge is 0.496 e. The third-order valence-corrected chi connectivity index (χ3v) is 3.02. The number of aldehydes is 1. The van der Waals surface area contributed by atoms with Crippen LogP contribution in [0.25, 0.3) is 11.1 Å². The fraction of sp³-hybridized carbons (Fsp3) is 0.125. The van der Waals surface area contributed by atoms with Gasteiger partial charge >= 0.3 is 0 Å². The van der Waals surface area contributed by atoms with E-state index in [0.29, 0.717) is 16.9 Å². The standard InChI is InChI=1S/C16H13NO2/c1-11-3-4-13(10-18)8-14(11)15-7-12(9-17)5-6-16(15)19-2/h3-8,10H,1-2H3. The average Bonchev–Trinajstić information content (AvgIpc) is 2.47. The molecule has 0 aliphatic carbocycles. The van der Waals surface area contributed by atoms with Gasteiger partial charge < -0.3 is 4.74 Å². The van der Waals surface area contributed by atoms with Crippen molar-refractivity contribution in [2.24, 2.45) is 0 Å². The first-order valence-electron chi connectivity index (χ1n) is 5.84. The lowest BCUT2D eigenvalue weighted by atomic mass is 9.96. The van der Waals surface area contributed by atoms with E-state index in [1.807, 2.05) is 13.0 Å². The third kappa shape index (κ3) is 2.48. The molecule has 2 aromatic rings. The van der Waals surface area contributed by atoms with Crippen LogP contribution in [0, 0.1) is 18.3 Å². The number of nitrogens with zero attached hydrogens (tertiary/aromatic N) is 1. The van der Waals surface area contributed by atoms with Crippen LogP contribution in [-0.4, -0.2) is 13.4 Å². The second-order valence-corrected chi connectivity index (χ2v) is 4.22. The molecule has 0 saturated heterocycles. The molecule has 94 valence electrons. The van der Waals surface area contributed by atoms with Crippen LogP contribution in [0.15, 0.2) is 36.4 Å². The number of rotatable bonds is 3. The molecule has 0 fully saturated rings. The molecular weight excluding hydrogens is 238 g/mol. The van der Waals surface area contributed by atoms with E-state index in [2.05, 4.69) is 6.07 Å². The van der Waals surface area contributed by atoms with Gasteiger partial charge in [0.1, 0.15) is 12.0 Å². The Kier molecular flexibility index (Phi) is 3.63.